The summed E-state index contributed by atoms with van der Waals surface area (Å²) in [5.74, 6) is 0.316. The molecule has 0 aliphatic rings. The van der Waals surface area contributed by atoms with Crippen LogP contribution in [0.5, 0.6) is 0 Å². The summed E-state index contributed by atoms with van der Waals surface area (Å²) >= 11 is 1.49. The Morgan fingerprint density at radius 1 is 1.08 bits per heavy atom. The minimum Gasteiger partial charge on any atom is -0.224 e. The third kappa shape index (κ3) is 5.39. The van der Waals surface area contributed by atoms with Crippen molar-refractivity contribution in [3.8, 4) is 10.4 Å². The predicted octanol–water partition coefficient (Wildman–Crippen LogP) is 3.63. The van der Waals surface area contributed by atoms with E-state index < -0.39 is 19.9 Å². The van der Waals surface area contributed by atoms with Gasteiger partial charge in [-0.15, -0.1) is 11.3 Å². The van der Waals surface area contributed by atoms with Crippen LogP contribution in [0.2, 0.25) is 0 Å². The molecular formula is C18H25NO4S3. The third-order valence-electron chi connectivity index (χ3n) is 3.87. The highest BCUT2D eigenvalue weighted by molar-refractivity contribution is 7.90. The predicted molar refractivity (Wildman–Crippen MR) is 108 cm³/mol. The van der Waals surface area contributed by atoms with Crippen molar-refractivity contribution >= 4 is 31.2 Å². The Bertz CT molecular complexity index is 960. The van der Waals surface area contributed by atoms with E-state index in [2.05, 4.69) is 0 Å². The van der Waals surface area contributed by atoms with Gasteiger partial charge in [-0.2, -0.15) is 4.31 Å². The lowest BCUT2D eigenvalue weighted by molar-refractivity contribution is 0.365. The minimum atomic E-state index is -3.27. The van der Waals surface area contributed by atoms with Crippen LogP contribution in [-0.2, 0) is 26.4 Å². The molecule has 8 heteroatoms. The Morgan fingerprint density at radius 3 is 2.35 bits per heavy atom. The zero-order valence-electron chi connectivity index (χ0n) is 15.5. The van der Waals surface area contributed by atoms with Gasteiger partial charge in [-0.1, -0.05) is 26.0 Å². The van der Waals surface area contributed by atoms with Gasteiger partial charge in [0.25, 0.3) is 0 Å². The average Bonchev–Trinajstić information content (AvgIpc) is 3.02. The summed E-state index contributed by atoms with van der Waals surface area (Å²) in [5.41, 5.74) is 0.818. The van der Waals surface area contributed by atoms with Gasteiger partial charge >= 0.3 is 0 Å². The number of sulfonamides is 1. The second-order valence-corrected chi connectivity index (χ2v) is 12.1. The summed E-state index contributed by atoms with van der Waals surface area (Å²) < 4.78 is 49.7. The van der Waals surface area contributed by atoms with Crippen LogP contribution in [0.3, 0.4) is 0 Å². The van der Waals surface area contributed by atoms with Crippen molar-refractivity contribution < 1.29 is 16.8 Å². The molecule has 1 aromatic carbocycles. The van der Waals surface area contributed by atoms with Crippen LogP contribution in [0.4, 0.5) is 0 Å². The van der Waals surface area contributed by atoms with E-state index in [9.17, 15) is 16.8 Å². The van der Waals surface area contributed by atoms with E-state index in [0.717, 1.165) is 15.3 Å². The van der Waals surface area contributed by atoms with E-state index in [-0.39, 0.29) is 16.6 Å². The molecule has 0 unspecified atom stereocenters. The summed E-state index contributed by atoms with van der Waals surface area (Å²) in [6.07, 6.45) is 1.19. The van der Waals surface area contributed by atoms with Crippen LogP contribution in [0, 0.1) is 5.92 Å². The molecule has 0 amide bonds. The molecule has 26 heavy (non-hydrogen) atoms. The maximum absolute atomic E-state index is 12.3. The molecule has 2 aromatic rings. The standard InChI is InChI=1S/C18H25NO4S3/c1-5-26(22,23)19(12-14(2)3)13-16-9-10-18(24-16)15-7-6-8-17(11-15)25(4,20)21/h6-11,14H,5,12-13H2,1-4H3. The van der Waals surface area contributed by atoms with E-state index in [1.54, 1.807) is 25.1 Å². The molecule has 0 radical (unpaired) electrons. The molecule has 0 aliphatic heterocycles. The Hall–Kier alpha value is -1.22. The molecule has 0 fully saturated rings. The van der Waals surface area contributed by atoms with Crippen LogP contribution in [0.1, 0.15) is 25.6 Å². The van der Waals surface area contributed by atoms with Crippen LogP contribution in [0.15, 0.2) is 41.3 Å². The first-order chi connectivity index (χ1) is 12.0. The number of nitrogens with zero attached hydrogens (tertiary/aromatic N) is 1. The highest BCUT2D eigenvalue weighted by atomic mass is 32.2. The Morgan fingerprint density at radius 2 is 1.77 bits per heavy atom. The summed E-state index contributed by atoms with van der Waals surface area (Å²) in [4.78, 5) is 2.13. The van der Waals surface area contributed by atoms with E-state index >= 15 is 0 Å². The summed E-state index contributed by atoms with van der Waals surface area (Å²) in [6.45, 7) is 6.46. The first-order valence-electron chi connectivity index (χ1n) is 8.40. The lowest BCUT2D eigenvalue weighted by Crippen LogP contribution is -2.34. The van der Waals surface area contributed by atoms with Crippen molar-refractivity contribution in [3.63, 3.8) is 0 Å². The molecule has 0 aliphatic carbocycles. The maximum atomic E-state index is 12.3. The van der Waals surface area contributed by atoms with Crippen LogP contribution < -0.4 is 0 Å². The number of rotatable bonds is 8. The number of hydrogen-bond acceptors (Lipinski definition) is 5. The van der Waals surface area contributed by atoms with Crippen molar-refractivity contribution in [1.29, 1.82) is 0 Å². The largest absolute Gasteiger partial charge is 0.224 e. The summed E-state index contributed by atoms with van der Waals surface area (Å²) in [5, 5.41) is 0. The number of benzene rings is 1. The van der Waals surface area contributed by atoms with Gasteiger partial charge in [0.1, 0.15) is 0 Å². The van der Waals surface area contributed by atoms with Gasteiger partial charge < -0.3 is 0 Å². The minimum absolute atomic E-state index is 0.0777. The zero-order chi connectivity index (χ0) is 19.5. The number of sulfone groups is 1. The Balaban J connectivity index is 2.29. The SMILES string of the molecule is CCS(=O)(=O)N(Cc1ccc(-c2cccc(S(C)(=O)=O)c2)s1)CC(C)C. The van der Waals surface area contributed by atoms with E-state index in [4.69, 9.17) is 0 Å². The highest BCUT2D eigenvalue weighted by Crippen LogP contribution is 2.30. The fraction of sp³-hybridized carbons (Fsp3) is 0.444. The smallest absolute Gasteiger partial charge is 0.214 e. The van der Waals surface area contributed by atoms with Gasteiger partial charge in [0.05, 0.1) is 10.6 Å². The van der Waals surface area contributed by atoms with Crippen LogP contribution in [-0.4, -0.2) is 39.7 Å². The van der Waals surface area contributed by atoms with Crippen LogP contribution >= 0.6 is 11.3 Å². The second-order valence-electron chi connectivity index (χ2n) is 6.65. The fourth-order valence-corrected chi connectivity index (χ4v) is 5.53. The molecule has 0 saturated carbocycles. The molecule has 144 valence electrons. The Kier molecular flexibility index (Phi) is 6.65. The van der Waals surface area contributed by atoms with Gasteiger partial charge in [0.2, 0.25) is 10.0 Å². The molecule has 0 atom stereocenters. The molecule has 1 aromatic heterocycles. The average molecular weight is 416 g/mol. The maximum Gasteiger partial charge on any atom is 0.214 e. The van der Waals surface area contributed by atoms with Crippen molar-refractivity contribution in [1.82, 2.24) is 4.31 Å². The first-order valence-corrected chi connectivity index (χ1v) is 12.7. The topological polar surface area (TPSA) is 71.5 Å². The first kappa shape index (κ1) is 21.1. The van der Waals surface area contributed by atoms with E-state index in [0.29, 0.717) is 13.1 Å². The number of thiophene rings is 1. The summed E-state index contributed by atoms with van der Waals surface area (Å²) in [6, 6.07) is 10.6. The monoisotopic (exact) mass is 415 g/mol. The van der Waals surface area contributed by atoms with E-state index in [1.165, 1.54) is 21.9 Å². The Labute approximate surface area is 160 Å². The van der Waals surface area contributed by atoms with Crippen LogP contribution in [0.25, 0.3) is 10.4 Å². The lowest BCUT2D eigenvalue weighted by atomic mass is 10.2. The molecule has 1 heterocycles. The zero-order valence-corrected chi connectivity index (χ0v) is 17.9. The van der Waals surface area contributed by atoms with Gasteiger partial charge in [0, 0.05) is 29.1 Å². The fourth-order valence-electron chi connectivity index (χ4n) is 2.54. The van der Waals surface area contributed by atoms with E-state index in [1.807, 2.05) is 32.0 Å². The van der Waals surface area contributed by atoms with Gasteiger partial charge in [-0.25, -0.2) is 16.8 Å². The second kappa shape index (κ2) is 8.21. The van der Waals surface area contributed by atoms with Gasteiger partial charge in [-0.3, -0.25) is 0 Å². The third-order valence-corrected chi connectivity index (χ3v) is 7.89. The van der Waals surface area contributed by atoms with Gasteiger partial charge in [-0.05, 0) is 42.7 Å². The summed E-state index contributed by atoms with van der Waals surface area (Å²) in [7, 11) is -6.54. The molecule has 0 saturated heterocycles. The molecule has 0 N–H and O–H groups in total. The lowest BCUT2D eigenvalue weighted by Gasteiger charge is -2.22. The van der Waals surface area contributed by atoms with Crippen molar-refractivity contribution in [3.05, 3.63) is 41.3 Å². The molecular weight excluding hydrogens is 390 g/mol. The number of hydrogen-bond donors (Lipinski definition) is 0. The van der Waals surface area contributed by atoms with Gasteiger partial charge in [0.15, 0.2) is 9.84 Å². The highest BCUT2D eigenvalue weighted by Gasteiger charge is 2.22. The molecule has 2 rings (SSSR count). The van der Waals surface area contributed by atoms with Crippen molar-refractivity contribution in [2.24, 2.45) is 5.92 Å². The molecule has 5 nitrogen and oxygen atoms in total. The molecule has 0 spiro atoms. The molecule has 0 bridgehead atoms. The van der Waals surface area contributed by atoms with Crippen molar-refractivity contribution in [2.45, 2.75) is 32.2 Å². The van der Waals surface area contributed by atoms with Crippen molar-refractivity contribution in [2.75, 3.05) is 18.6 Å². The quantitative estimate of drug-likeness (QED) is 0.660. The normalized spacial score (nSPS) is 12.8.